The average Bonchev–Trinajstić information content (AvgIpc) is 2.73. The molecule has 3 nitrogen and oxygen atoms in total. The highest BCUT2D eigenvalue weighted by Crippen LogP contribution is 2.31. The van der Waals surface area contributed by atoms with Gasteiger partial charge in [-0.2, -0.15) is 13.2 Å². The lowest BCUT2D eigenvalue weighted by atomic mass is 9.98. The van der Waals surface area contributed by atoms with E-state index in [9.17, 15) is 13.2 Å². The summed E-state index contributed by atoms with van der Waals surface area (Å²) in [5, 5.41) is 0. The minimum atomic E-state index is -4.29. The molecule has 0 saturated heterocycles. The van der Waals surface area contributed by atoms with Gasteiger partial charge in [0.25, 0.3) is 0 Å². The van der Waals surface area contributed by atoms with Crippen LogP contribution < -0.4 is 0 Å². The van der Waals surface area contributed by atoms with Crippen LogP contribution in [-0.4, -0.2) is 34.5 Å². The number of aryl methyl sites for hydroxylation is 2. The zero-order valence-electron chi connectivity index (χ0n) is 17.1. The van der Waals surface area contributed by atoms with Gasteiger partial charge in [0.2, 0.25) is 0 Å². The molecule has 0 atom stereocenters. The third kappa shape index (κ3) is 4.54. The molecular weight excluding hydrogens is 387 g/mol. The zero-order valence-corrected chi connectivity index (χ0v) is 17.1. The van der Waals surface area contributed by atoms with E-state index in [4.69, 9.17) is 0 Å². The Morgan fingerprint density at radius 2 is 1.63 bits per heavy atom. The molecule has 3 aromatic rings. The maximum atomic E-state index is 12.7. The summed E-state index contributed by atoms with van der Waals surface area (Å²) in [4.78, 5) is 11.6. The van der Waals surface area contributed by atoms with Crippen LogP contribution in [0.25, 0.3) is 16.6 Å². The Kier molecular flexibility index (Phi) is 5.60. The molecule has 0 bridgehead atoms. The van der Waals surface area contributed by atoms with Crippen LogP contribution in [0.2, 0.25) is 0 Å². The molecule has 30 heavy (non-hydrogen) atoms. The summed E-state index contributed by atoms with van der Waals surface area (Å²) in [5.41, 5.74) is 6.39. The van der Waals surface area contributed by atoms with Gasteiger partial charge in [-0.05, 0) is 67.7 Å². The normalized spacial score (nSPS) is 15.4. The summed E-state index contributed by atoms with van der Waals surface area (Å²) in [6.45, 7) is 6.59. The summed E-state index contributed by atoms with van der Waals surface area (Å²) in [6, 6.07) is 11.7. The summed E-state index contributed by atoms with van der Waals surface area (Å²) >= 11 is 0. The third-order valence-electron chi connectivity index (χ3n) is 5.73. The van der Waals surface area contributed by atoms with Crippen molar-refractivity contribution in [2.75, 3.05) is 19.6 Å². The molecule has 1 aliphatic heterocycles. The molecule has 2 aromatic carbocycles. The third-order valence-corrected chi connectivity index (χ3v) is 5.73. The van der Waals surface area contributed by atoms with Gasteiger partial charge in [0.05, 0.1) is 28.0 Å². The van der Waals surface area contributed by atoms with Crippen LogP contribution in [0.15, 0.2) is 48.5 Å². The van der Waals surface area contributed by atoms with Crippen molar-refractivity contribution in [3.8, 4) is 0 Å². The standard InChI is InChI=1S/C24H24F3N3/c1-16-17(2)29-23-15-18(3-8-22(23)28-16)9-12-30-13-10-20(11-14-30)19-4-6-21(7-5-19)24(25,26)27/h3-8,10,15H,9,11-14H2,1-2H3. The quantitative estimate of drug-likeness (QED) is 0.560. The van der Waals surface area contributed by atoms with Crippen molar-refractivity contribution in [3.05, 3.63) is 76.6 Å². The molecule has 0 N–H and O–H groups in total. The van der Waals surface area contributed by atoms with E-state index in [2.05, 4.69) is 33.1 Å². The molecule has 1 aromatic heterocycles. The first-order valence-corrected chi connectivity index (χ1v) is 10.1. The first-order chi connectivity index (χ1) is 14.3. The van der Waals surface area contributed by atoms with E-state index >= 15 is 0 Å². The second kappa shape index (κ2) is 8.19. The van der Waals surface area contributed by atoms with Crippen LogP contribution >= 0.6 is 0 Å². The van der Waals surface area contributed by atoms with Crippen molar-refractivity contribution in [3.63, 3.8) is 0 Å². The van der Waals surface area contributed by atoms with Gasteiger partial charge in [0.15, 0.2) is 0 Å². The average molecular weight is 411 g/mol. The first-order valence-electron chi connectivity index (χ1n) is 10.1. The molecule has 2 heterocycles. The lowest BCUT2D eigenvalue weighted by Gasteiger charge is -2.26. The number of hydrogen-bond acceptors (Lipinski definition) is 3. The Balaban J connectivity index is 1.37. The Hall–Kier alpha value is -2.73. The van der Waals surface area contributed by atoms with E-state index in [0.717, 1.165) is 78.2 Å². The van der Waals surface area contributed by atoms with Crippen LogP contribution in [0, 0.1) is 13.8 Å². The first kappa shape index (κ1) is 20.5. The molecule has 0 amide bonds. The second-order valence-electron chi connectivity index (χ2n) is 7.82. The van der Waals surface area contributed by atoms with E-state index in [1.165, 1.54) is 5.56 Å². The topological polar surface area (TPSA) is 29.0 Å². The highest BCUT2D eigenvalue weighted by molar-refractivity contribution is 5.75. The number of rotatable bonds is 4. The molecule has 0 unspecified atom stereocenters. The Labute approximate surface area is 174 Å². The predicted molar refractivity (Wildman–Crippen MR) is 113 cm³/mol. The molecule has 0 aliphatic carbocycles. The van der Waals surface area contributed by atoms with E-state index in [-0.39, 0.29) is 0 Å². The summed E-state index contributed by atoms with van der Waals surface area (Å²) < 4.78 is 38.2. The van der Waals surface area contributed by atoms with Gasteiger partial charge >= 0.3 is 6.18 Å². The van der Waals surface area contributed by atoms with E-state index in [1.807, 2.05) is 19.9 Å². The van der Waals surface area contributed by atoms with Gasteiger partial charge in [0.1, 0.15) is 0 Å². The van der Waals surface area contributed by atoms with Gasteiger partial charge in [-0.1, -0.05) is 24.3 Å². The summed E-state index contributed by atoms with van der Waals surface area (Å²) in [7, 11) is 0. The number of alkyl halides is 3. The number of halogens is 3. The maximum absolute atomic E-state index is 12.7. The van der Waals surface area contributed by atoms with Crippen molar-refractivity contribution >= 4 is 16.6 Å². The van der Waals surface area contributed by atoms with Crippen molar-refractivity contribution < 1.29 is 13.2 Å². The van der Waals surface area contributed by atoms with E-state index < -0.39 is 11.7 Å². The van der Waals surface area contributed by atoms with Crippen molar-refractivity contribution in [1.82, 2.24) is 14.9 Å². The van der Waals surface area contributed by atoms with E-state index in [0.29, 0.717) is 0 Å². The SMILES string of the molecule is Cc1nc2ccc(CCN3CC=C(c4ccc(C(F)(F)F)cc4)CC3)cc2nc1C. The largest absolute Gasteiger partial charge is 0.416 e. The minimum Gasteiger partial charge on any atom is -0.299 e. The fourth-order valence-electron chi connectivity index (χ4n) is 3.77. The van der Waals surface area contributed by atoms with Crippen molar-refractivity contribution in [2.24, 2.45) is 0 Å². The smallest absolute Gasteiger partial charge is 0.299 e. The predicted octanol–water partition coefficient (Wildman–Crippen LogP) is 5.60. The van der Waals surface area contributed by atoms with Crippen LogP contribution in [-0.2, 0) is 12.6 Å². The molecule has 6 heteroatoms. The molecule has 0 saturated carbocycles. The van der Waals surface area contributed by atoms with Gasteiger partial charge in [-0.15, -0.1) is 0 Å². The molecule has 0 radical (unpaired) electrons. The van der Waals surface area contributed by atoms with Crippen LogP contribution in [0.3, 0.4) is 0 Å². The fourth-order valence-corrected chi connectivity index (χ4v) is 3.77. The van der Waals surface area contributed by atoms with Gasteiger partial charge < -0.3 is 0 Å². The fraction of sp³-hybridized carbons (Fsp3) is 0.333. The van der Waals surface area contributed by atoms with Crippen LogP contribution in [0.4, 0.5) is 13.2 Å². The van der Waals surface area contributed by atoms with Crippen molar-refractivity contribution in [2.45, 2.75) is 32.9 Å². The lowest BCUT2D eigenvalue weighted by Crippen LogP contribution is -2.30. The van der Waals surface area contributed by atoms with Crippen LogP contribution in [0.5, 0.6) is 0 Å². The molecule has 0 fully saturated rings. The molecular formula is C24H24F3N3. The number of hydrogen-bond donors (Lipinski definition) is 0. The molecule has 1 aliphatic rings. The number of aromatic nitrogens is 2. The van der Waals surface area contributed by atoms with E-state index in [1.54, 1.807) is 12.1 Å². The summed E-state index contributed by atoms with van der Waals surface area (Å²) in [6.07, 6.45) is -0.396. The lowest BCUT2D eigenvalue weighted by molar-refractivity contribution is -0.137. The molecule has 156 valence electrons. The second-order valence-corrected chi connectivity index (χ2v) is 7.82. The Morgan fingerprint density at radius 1 is 0.933 bits per heavy atom. The van der Waals surface area contributed by atoms with Crippen molar-refractivity contribution in [1.29, 1.82) is 0 Å². The van der Waals surface area contributed by atoms with Gasteiger partial charge in [0, 0.05) is 19.6 Å². The number of benzene rings is 2. The maximum Gasteiger partial charge on any atom is 0.416 e. The number of fused-ring (bicyclic) bond motifs is 1. The highest BCUT2D eigenvalue weighted by Gasteiger charge is 2.30. The molecule has 4 rings (SSSR count). The zero-order chi connectivity index (χ0) is 21.3. The van der Waals surface area contributed by atoms with Gasteiger partial charge in [-0.25, -0.2) is 9.97 Å². The highest BCUT2D eigenvalue weighted by atomic mass is 19.4. The number of nitrogens with zero attached hydrogens (tertiary/aromatic N) is 3. The van der Waals surface area contributed by atoms with Crippen LogP contribution in [0.1, 0.15) is 34.5 Å². The Morgan fingerprint density at radius 3 is 2.27 bits per heavy atom. The minimum absolute atomic E-state index is 0.602. The summed E-state index contributed by atoms with van der Waals surface area (Å²) in [5.74, 6) is 0. The molecule has 0 spiro atoms. The Bertz CT molecular complexity index is 1090. The van der Waals surface area contributed by atoms with Gasteiger partial charge in [-0.3, -0.25) is 4.90 Å². The monoisotopic (exact) mass is 411 g/mol.